The molecule has 1 aromatic heterocycles. The van der Waals surface area contributed by atoms with E-state index >= 15 is 0 Å². The molecule has 1 heterocycles. The molecule has 192 valence electrons. The van der Waals surface area contributed by atoms with E-state index in [0.29, 0.717) is 12.1 Å². The molecule has 7 nitrogen and oxygen atoms in total. The smallest absolute Gasteiger partial charge is 0.292 e. The molecule has 14 heteroatoms. The van der Waals surface area contributed by atoms with Gasteiger partial charge >= 0.3 is 22.4 Å². The number of benzene rings is 2. The predicted octanol–water partition coefficient (Wildman–Crippen LogP) is 5.05. The van der Waals surface area contributed by atoms with Crippen LogP contribution in [0.4, 0.5) is 23.2 Å². The topological polar surface area (TPSA) is 90.5 Å². The number of nitrogens with zero attached hydrogens (tertiary/aromatic N) is 3. The van der Waals surface area contributed by atoms with Crippen LogP contribution in [0.15, 0.2) is 62.5 Å². The Bertz CT molecular complexity index is 1530. The van der Waals surface area contributed by atoms with Crippen molar-refractivity contribution in [3.05, 3.63) is 91.5 Å². The third-order valence-corrected chi connectivity index (χ3v) is 5.76. The minimum Gasteiger partial charge on any atom is -0.292 e. The van der Waals surface area contributed by atoms with Gasteiger partial charge < -0.3 is 0 Å². The van der Waals surface area contributed by atoms with Crippen molar-refractivity contribution in [3.8, 4) is 5.69 Å². The van der Waals surface area contributed by atoms with Crippen molar-refractivity contribution in [3.63, 3.8) is 0 Å². The van der Waals surface area contributed by atoms with Gasteiger partial charge in [-0.2, -0.15) is 21.6 Å². The summed E-state index contributed by atoms with van der Waals surface area (Å²) in [6.45, 7) is 2.10. The minimum absolute atomic E-state index is 0.105. The summed E-state index contributed by atoms with van der Waals surface area (Å²) < 4.78 is 77.0. The number of thiocarbonyl (C=S) groups is 1. The van der Waals surface area contributed by atoms with Gasteiger partial charge in [-0.05, 0) is 29.0 Å². The van der Waals surface area contributed by atoms with Crippen molar-refractivity contribution in [2.75, 3.05) is 0 Å². The van der Waals surface area contributed by atoms with Gasteiger partial charge in [0.1, 0.15) is 17.2 Å². The fourth-order valence-electron chi connectivity index (χ4n) is 2.92. The SMILES string of the molecule is CCC(=S)Cc1ccccc1.Cn1c(C(F)(F)F)cc(=O)n(-c2cc(N=S(=O)=O)c(Cl)cc2F)c1=O. The standard InChI is InChI=1S/C12H6ClF4N3O4S.C10H12S/c1-19-9(12(15,16)17)4-10(21)20(11(19)22)8-3-7(18-25(23)24)5(13)2-6(8)14;1-2-10(11)8-9-6-4-3-5-7-9/h2-4H,1H3;3-7H,2,8H2,1H3. The van der Waals surface area contributed by atoms with Crippen molar-refractivity contribution >= 4 is 44.9 Å². The van der Waals surface area contributed by atoms with Crippen LogP contribution in [0.1, 0.15) is 24.6 Å². The minimum atomic E-state index is -4.98. The van der Waals surface area contributed by atoms with Gasteiger partial charge in [-0.15, -0.1) is 4.36 Å². The van der Waals surface area contributed by atoms with Gasteiger partial charge in [0.05, 0.1) is 10.7 Å². The molecule has 0 fully saturated rings. The van der Waals surface area contributed by atoms with E-state index in [-0.39, 0.29) is 15.2 Å². The lowest BCUT2D eigenvalue weighted by atomic mass is 10.1. The largest absolute Gasteiger partial charge is 0.431 e. The molecular formula is C22H18ClF4N3O4S2. The third-order valence-electron chi connectivity index (χ3n) is 4.68. The number of hydrogen-bond donors (Lipinski definition) is 0. The Hall–Kier alpha value is -3.16. The Labute approximate surface area is 214 Å². The molecule has 0 N–H and O–H groups in total. The molecule has 0 aliphatic rings. The van der Waals surface area contributed by atoms with Crippen molar-refractivity contribution in [1.82, 2.24) is 9.13 Å². The molecule has 0 bridgehead atoms. The third kappa shape index (κ3) is 7.42. The first-order valence-electron chi connectivity index (χ1n) is 10.0. The van der Waals surface area contributed by atoms with Gasteiger partial charge in [-0.3, -0.25) is 9.36 Å². The van der Waals surface area contributed by atoms with Crippen LogP contribution >= 0.6 is 23.8 Å². The van der Waals surface area contributed by atoms with Gasteiger partial charge in [0.25, 0.3) is 5.56 Å². The Morgan fingerprint density at radius 2 is 1.72 bits per heavy atom. The molecule has 0 aliphatic heterocycles. The van der Waals surface area contributed by atoms with Crippen LogP contribution in [0.2, 0.25) is 5.02 Å². The predicted molar refractivity (Wildman–Crippen MR) is 131 cm³/mol. The van der Waals surface area contributed by atoms with Crippen LogP contribution in [0.5, 0.6) is 0 Å². The monoisotopic (exact) mass is 563 g/mol. The zero-order chi connectivity index (χ0) is 27.2. The van der Waals surface area contributed by atoms with Crippen LogP contribution in [-0.2, 0) is 30.1 Å². The van der Waals surface area contributed by atoms with Crippen molar-refractivity contribution in [2.45, 2.75) is 25.9 Å². The fraction of sp³-hybridized carbons (Fsp3) is 0.227. The number of halogens is 5. The van der Waals surface area contributed by atoms with Gasteiger partial charge in [0.15, 0.2) is 0 Å². The molecule has 0 unspecified atom stereocenters. The van der Waals surface area contributed by atoms with E-state index in [0.717, 1.165) is 24.8 Å². The average Bonchev–Trinajstić information content (AvgIpc) is 2.79. The molecule has 36 heavy (non-hydrogen) atoms. The first-order chi connectivity index (χ1) is 16.8. The summed E-state index contributed by atoms with van der Waals surface area (Å²) in [5.74, 6) is -1.24. The summed E-state index contributed by atoms with van der Waals surface area (Å²) in [5.41, 5.74) is -4.47. The Kier molecular flexibility index (Phi) is 9.85. The normalized spacial score (nSPS) is 10.9. The second-order valence-electron chi connectivity index (χ2n) is 7.16. The van der Waals surface area contributed by atoms with Gasteiger partial charge in [-0.25, -0.2) is 13.8 Å². The van der Waals surface area contributed by atoms with E-state index in [1.807, 2.05) is 18.2 Å². The van der Waals surface area contributed by atoms with Crippen molar-refractivity contribution in [1.29, 1.82) is 0 Å². The molecule has 0 spiro atoms. The van der Waals surface area contributed by atoms with Gasteiger partial charge in [0.2, 0.25) is 0 Å². The van der Waals surface area contributed by atoms with Gasteiger partial charge in [0, 0.05) is 19.5 Å². The van der Waals surface area contributed by atoms with E-state index < -0.39 is 55.8 Å². The highest BCUT2D eigenvalue weighted by atomic mass is 35.5. The maximum absolute atomic E-state index is 14.1. The Balaban J connectivity index is 0.000000346. The van der Waals surface area contributed by atoms with Crippen LogP contribution in [-0.4, -0.2) is 22.4 Å². The maximum atomic E-state index is 14.1. The molecule has 0 atom stereocenters. The fourth-order valence-corrected chi connectivity index (χ4v) is 3.64. The molecule has 0 amide bonds. The van der Waals surface area contributed by atoms with Crippen LogP contribution in [0.3, 0.4) is 0 Å². The molecule has 0 saturated carbocycles. The van der Waals surface area contributed by atoms with E-state index in [2.05, 4.69) is 23.4 Å². The van der Waals surface area contributed by atoms with Crippen LogP contribution in [0, 0.1) is 5.82 Å². The zero-order valence-electron chi connectivity index (χ0n) is 18.7. The first-order valence-corrected chi connectivity index (χ1v) is 11.8. The molecular weight excluding hydrogens is 546 g/mol. The zero-order valence-corrected chi connectivity index (χ0v) is 21.1. The van der Waals surface area contributed by atoms with E-state index in [1.54, 1.807) is 0 Å². The average molecular weight is 564 g/mol. The number of alkyl halides is 3. The summed E-state index contributed by atoms with van der Waals surface area (Å²) in [4.78, 5) is 25.2. The molecule has 3 rings (SSSR count). The number of rotatable bonds is 5. The first kappa shape index (κ1) is 29.1. The quantitative estimate of drug-likeness (QED) is 0.320. The summed E-state index contributed by atoms with van der Waals surface area (Å²) >= 11 is 10.7. The van der Waals surface area contributed by atoms with E-state index in [1.165, 1.54) is 5.56 Å². The Morgan fingerprint density at radius 3 is 2.25 bits per heavy atom. The number of aromatic nitrogens is 2. The maximum Gasteiger partial charge on any atom is 0.431 e. The molecule has 0 saturated heterocycles. The highest BCUT2D eigenvalue weighted by Crippen LogP contribution is 2.30. The molecule has 3 aromatic rings. The van der Waals surface area contributed by atoms with Gasteiger partial charge in [-0.1, -0.05) is 61.1 Å². The number of hydrogen-bond acceptors (Lipinski definition) is 6. The van der Waals surface area contributed by atoms with Crippen molar-refractivity contribution in [2.24, 2.45) is 11.4 Å². The molecule has 0 radical (unpaired) electrons. The summed E-state index contributed by atoms with van der Waals surface area (Å²) in [6.07, 6.45) is -3.03. The lowest BCUT2D eigenvalue weighted by molar-refractivity contribution is -0.144. The summed E-state index contributed by atoms with van der Waals surface area (Å²) in [5, 5.41) is -0.442. The van der Waals surface area contributed by atoms with E-state index in [9.17, 15) is 35.6 Å². The Morgan fingerprint density at radius 1 is 1.11 bits per heavy atom. The van der Waals surface area contributed by atoms with Crippen LogP contribution in [0.25, 0.3) is 5.69 Å². The summed E-state index contributed by atoms with van der Waals surface area (Å²) in [7, 11) is -2.24. The molecule has 0 aliphatic carbocycles. The summed E-state index contributed by atoms with van der Waals surface area (Å²) in [6, 6.07) is 11.7. The van der Waals surface area contributed by atoms with Crippen LogP contribution < -0.4 is 11.2 Å². The lowest BCUT2D eigenvalue weighted by Crippen LogP contribution is -2.41. The highest BCUT2D eigenvalue weighted by Gasteiger charge is 2.35. The highest BCUT2D eigenvalue weighted by molar-refractivity contribution is 7.80. The lowest BCUT2D eigenvalue weighted by Gasteiger charge is -2.14. The van der Waals surface area contributed by atoms with E-state index in [4.69, 9.17) is 23.8 Å². The second kappa shape index (κ2) is 12.2. The second-order valence-corrected chi connectivity index (χ2v) is 8.76. The van der Waals surface area contributed by atoms with Crippen molar-refractivity contribution < 1.29 is 26.0 Å². The molecule has 2 aromatic carbocycles.